The van der Waals surface area contributed by atoms with Crippen LogP contribution in [0.25, 0.3) is 0 Å². The van der Waals surface area contributed by atoms with Crippen LogP contribution in [-0.4, -0.2) is 106 Å². The van der Waals surface area contributed by atoms with Gasteiger partial charge in [0, 0.05) is 12.1 Å². The number of hydrogen-bond acceptors (Lipinski definition) is 10. The largest absolute Gasteiger partial charge is 0.491 e. The number of nitro groups is 1. The van der Waals surface area contributed by atoms with Crippen molar-refractivity contribution in [2.45, 2.75) is 19.6 Å². The zero-order valence-corrected chi connectivity index (χ0v) is 22.2. The van der Waals surface area contributed by atoms with Crippen molar-refractivity contribution in [3.8, 4) is 5.75 Å². The lowest BCUT2D eigenvalue weighted by Gasteiger charge is -2.16. The van der Waals surface area contributed by atoms with Crippen LogP contribution in [0.1, 0.15) is 0 Å². The van der Waals surface area contributed by atoms with Crippen molar-refractivity contribution >= 4 is 14.0 Å². The molecule has 0 amide bonds. The third-order valence-electron chi connectivity index (χ3n) is 4.17. The molecule has 0 radical (unpaired) electrons. The lowest BCUT2D eigenvalue weighted by molar-refractivity contribution is -0.384. The van der Waals surface area contributed by atoms with Gasteiger partial charge in [-0.05, 0) is 31.8 Å². The first-order chi connectivity index (χ1) is 16.9. The maximum Gasteiger partial charge on any atom is 0.269 e. The summed E-state index contributed by atoms with van der Waals surface area (Å²) in [6, 6.07) is 5.92. The Bertz CT molecular complexity index is 642. The molecule has 0 saturated heterocycles. The third kappa shape index (κ3) is 20.3. The first-order valence-corrected chi connectivity index (χ1v) is 15.3. The normalized spacial score (nSPS) is 11.6. The Labute approximate surface area is 209 Å². The van der Waals surface area contributed by atoms with Crippen LogP contribution in [0.2, 0.25) is 19.6 Å². The van der Waals surface area contributed by atoms with E-state index in [4.69, 9.17) is 37.6 Å². The molecule has 11 nitrogen and oxygen atoms in total. The average molecular weight is 520 g/mol. The molecule has 1 aromatic carbocycles. The Balaban J connectivity index is 1.73. The summed E-state index contributed by atoms with van der Waals surface area (Å²) in [4.78, 5) is 10.1. The van der Waals surface area contributed by atoms with Crippen LogP contribution < -0.4 is 4.74 Å². The topological polar surface area (TPSA) is 117 Å². The number of non-ortho nitro benzene ring substituents is 1. The number of benzene rings is 1. The fourth-order valence-electron chi connectivity index (χ4n) is 2.49. The van der Waals surface area contributed by atoms with E-state index in [2.05, 4.69) is 19.6 Å². The van der Waals surface area contributed by atoms with Gasteiger partial charge in [-0.1, -0.05) is 0 Å². The number of nitro benzene ring substituents is 1. The Morgan fingerprint density at radius 3 is 1.29 bits per heavy atom. The summed E-state index contributed by atoms with van der Waals surface area (Å²) in [7, 11) is -1.45. The first-order valence-electron chi connectivity index (χ1n) is 11.9. The van der Waals surface area contributed by atoms with Crippen LogP contribution in [0.15, 0.2) is 24.3 Å². The Kier molecular flexibility index (Phi) is 18.4. The summed E-state index contributed by atoms with van der Waals surface area (Å²) in [5, 5.41) is 10.6. The van der Waals surface area contributed by atoms with Crippen LogP contribution in [0.5, 0.6) is 5.75 Å². The quantitative estimate of drug-likeness (QED) is 0.0873. The highest BCUT2D eigenvalue weighted by atomic mass is 28.4. The molecule has 1 rings (SSSR count). The summed E-state index contributed by atoms with van der Waals surface area (Å²) in [5.74, 6) is 0.563. The highest BCUT2D eigenvalue weighted by molar-refractivity contribution is 6.69. The summed E-state index contributed by atoms with van der Waals surface area (Å²) in [6.45, 7) is 13.5. The van der Waals surface area contributed by atoms with Crippen molar-refractivity contribution in [2.24, 2.45) is 0 Å². The molecule has 0 heterocycles. The van der Waals surface area contributed by atoms with E-state index in [0.29, 0.717) is 98.2 Å². The number of hydrogen-bond donors (Lipinski definition) is 0. The fourth-order valence-corrected chi connectivity index (χ4v) is 3.19. The number of ether oxygens (including phenoxy) is 7. The van der Waals surface area contributed by atoms with E-state index in [1.807, 2.05) is 0 Å². The van der Waals surface area contributed by atoms with E-state index >= 15 is 0 Å². The summed E-state index contributed by atoms with van der Waals surface area (Å²) < 4.78 is 43.7. The van der Waals surface area contributed by atoms with Gasteiger partial charge >= 0.3 is 0 Å². The molecule has 0 aliphatic heterocycles. The molecule has 0 bridgehead atoms. The molecule has 0 atom stereocenters. The van der Waals surface area contributed by atoms with E-state index in [0.717, 1.165) is 0 Å². The second kappa shape index (κ2) is 20.5. The van der Waals surface area contributed by atoms with Gasteiger partial charge in [0.1, 0.15) is 12.4 Å². The molecule has 35 heavy (non-hydrogen) atoms. The molecule has 0 unspecified atom stereocenters. The van der Waals surface area contributed by atoms with Gasteiger partial charge in [-0.15, -0.1) is 0 Å². The standard InChI is InChI=1S/C23H41NO10Si/c1-35(2,3)34-21-19-32-17-15-30-13-11-28-9-8-27-10-12-29-14-16-31-18-20-33-23-6-4-22(5-7-23)24(25)26/h4-7H,8-21H2,1-3H3. The monoisotopic (exact) mass is 519 g/mol. The molecule has 0 aliphatic carbocycles. The summed E-state index contributed by atoms with van der Waals surface area (Å²) >= 11 is 0. The Morgan fingerprint density at radius 1 is 0.600 bits per heavy atom. The molecule has 1 aromatic rings. The van der Waals surface area contributed by atoms with Crippen molar-refractivity contribution in [1.82, 2.24) is 0 Å². The van der Waals surface area contributed by atoms with E-state index in [9.17, 15) is 10.1 Å². The molecular weight excluding hydrogens is 478 g/mol. The van der Waals surface area contributed by atoms with Crippen molar-refractivity contribution in [2.75, 3.05) is 92.5 Å². The average Bonchev–Trinajstić information content (AvgIpc) is 2.82. The molecule has 0 fully saturated rings. The van der Waals surface area contributed by atoms with Gasteiger partial charge in [-0.3, -0.25) is 10.1 Å². The molecule has 0 spiro atoms. The molecule has 0 N–H and O–H groups in total. The smallest absolute Gasteiger partial charge is 0.269 e. The maximum atomic E-state index is 10.6. The van der Waals surface area contributed by atoms with E-state index in [-0.39, 0.29) is 5.69 Å². The Morgan fingerprint density at radius 2 is 0.943 bits per heavy atom. The minimum atomic E-state index is -1.45. The van der Waals surface area contributed by atoms with E-state index in [1.54, 1.807) is 12.1 Å². The van der Waals surface area contributed by atoms with Crippen molar-refractivity contribution in [3.05, 3.63) is 34.4 Å². The highest BCUT2D eigenvalue weighted by Gasteiger charge is 2.13. The second-order valence-electron chi connectivity index (χ2n) is 8.23. The maximum absolute atomic E-state index is 10.6. The molecule has 0 aliphatic rings. The third-order valence-corrected chi connectivity index (χ3v) is 5.24. The highest BCUT2D eigenvalue weighted by Crippen LogP contribution is 2.17. The van der Waals surface area contributed by atoms with Gasteiger partial charge in [0.25, 0.3) is 5.69 Å². The van der Waals surface area contributed by atoms with Gasteiger partial charge in [-0.2, -0.15) is 0 Å². The van der Waals surface area contributed by atoms with Gasteiger partial charge in [0.05, 0.1) is 90.8 Å². The van der Waals surface area contributed by atoms with Crippen molar-refractivity contribution in [1.29, 1.82) is 0 Å². The van der Waals surface area contributed by atoms with Crippen molar-refractivity contribution in [3.63, 3.8) is 0 Å². The minimum absolute atomic E-state index is 0.0314. The SMILES string of the molecule is C[Si](C)(C)OCCOCCOCCOCCOCCOCCOCCOc1ccc([N+](=O)[O-])cc1. The number of rotatable bonds is 24. The first kappa shape index (κ1) is 31.4. The molecule has 0 saturated carbocycles. The van der Waals surface area contributed by atoms with Crippen molar-refractivity contribution < 1.29 is 42.5 Å². The molecule has 0 aromatic heterocycles. The van der Waals surface area contributed by atoms with Crippen LogP contribution in [0, 0.1) is 10.1 Å². The fraction of sp³-hybridized carbons (Fsp3) is 0.739. The predicted molar refractivity (Wildman–Crippen MR) is 133 cm³/mol. The Hall–Kier alpha value is -1.64. The zero-order chi connectivity index (χ0) is 25.6. The van der Waals surface area contributed by atoms with Gasteiger partial charge in [0.15, 0.2) is 8.32 Å². The minimum Gasteiger partial charge on any atom is -0.491 e. The second-order valence-corrected chi connectivity index (χ2v) is 12.7. The van der Waals surface area contributed by atoms with Crippen LogP contribution >= 0.6 is 0 Å². The molecular formula is C23H41NO10Si. The van der Waals surface area contributed by atoms with Crippen LogP contribution in [0.3, 0.4) is 0 Å². The lowest BCUT2D eigenvalue weighted by atomic mass is 10.3. The number of nitrogens with zero attached hydrogens (tertiary/aromatic N) is 1. The predicted octanol–water partition coefficient (Wildman–Crippen LogP) is 2.92. The van der Waals surface area contributed by atoms with E-state index in [1.165, 1.54) is 12.1 Å². The van der Waals surface area contributed by atoms with Crippen LogP contribution in [0.4, 0.5) is 5.69 Å². The summed E-state index contributed by atoms with van der Waals surface area (Å²) in [6.07, 6.45) is 0. The molecule has 202 valence electrons. The van der Waals surface area contributed by atoms with Gasteiger partial charge < -0.3 is 37.6 Å². The van der Waals surface area contributed by atoms with Crippen LogP contribution in [-0.2, 0) is 32.8 Å². The van der Waals surface area contributed by atoms with Gasteiger partial charge in [0.2, 0.25) is 0 Å². The van der Waals surface area contributed by atoms with Gasteiger partial charge in [-0.25, -0.2) is 0 Å². The molecule has 12 heteroatoms. The lowest BCUT2D eigenvalue weighted by Crippen LogP contribution is -2.27. The zero-order valence-electron chi connectivity index (χ0n) is 21.2. The summed E-state index contributed by atoms with van der Waals surface area (Å²) in [5.41, 5.74) is 0.0314. The van der Waals surface area contributed by atoms with E-state index < -0.39 is 13.2 Å².